The summed E-state index contributed by atoms with van der Waals surface area (Å²) in [5.41, 5.74) is 0. The van der Waals surface area contributed by atoms with Crippen molar-refractivity contribution in [2.45, 2.75) is 19.0 Å². The van der Waals surface area contributed by atoms with E-state index in [0.29, 0.717) is 5.75 Å². The van der Waals surface area contributed by atoms with E-state index in [1.165, 1.54) is 6.92 Å². The van der Waals surface area contributed by atoms with Crippen LogP contribution in [-0.4, -0.2) is 41.6 Å². The first kappa shape index (κ1) is 14.8. The Morgan fingerprint density at radius 2 is 2.05 bits per heavy atom. The van der Waals surface area contributed by atoms with Crippen LogP contribution in [0.4, 0.5) is 0 Å². The molecule has 0 saturated carbocycles. The van der Waals surface area contributed by atoms with Crippen LogP contribution in [0.3, 0.4) is 0 Å². The summed E-state index contributed by atoms with van der Waals surface area (Å²) in [6.45, 7) is 1.24. The van der Waals surface area contributed by atoms with Gasteiger partial charge in [0.15, 0.2) is 6.61 Å². The Morgan fingerprint density at radius 1 is 1.38 bits per heavy atom. The lowest BCUT2D eigenvalue weighted by Crippen LogP contribution is -2.72. The van der Waals surface area contributed by atoms with Crippen LogP contribution in [0.5, 0.6) is 5.75 Å². The second-order valence-electron chi connectivity index (χ2n) is 4.81. The number of hydrogen-bond acceptors (Lipinski definition) is 4. The number of para-hydroxylation sites is 1. The number of aliphatic carboxylic acids is 1. The molecule has 1 aliphatic heterocycles. The Hall–Kier alpha value is -2.57. The van der Waals surface area contributed by atoms with Gasteiger partial charge in [-0.1, -0.05) is 18.2 Å². The number of carbonyl (C=O) groups is 3. The predicted molar refractivity (Wildman–Crippen MR) is 72.6 cm³/mol. The Bertz CT molecular complexity index is 546. The number of carbonyl (C=O) groups excluding carboxylic acids is 2. The maximum absolute atomic E-state index is 11.7. The van der Waals surface area contributed by atoms with Crippen molar-refractivity contribution in [3.63, 3.8) is 0 Å². The van der Waals surface area contributed by atoms with E-state index in [2.05, 4.69) is 10.6 Å². The van der Waals surface area contributed by atoms with E-state index >= 15 is 0 Å². The van der Waals surface area contributed by atoms with Crippen molar-refractivity contribution in [3.05, 3.63) is 30.3 Å². The number of benzene rings is 1. The van der Waals surface area contributed by atoms with E-state index in [1.807, 2.05) is 6.07 Å². The minimum Gasteiger partial charge on any atom is -0.484 e. The summed E-state index contributed by atoms with van der Waals surface area (Å²) in [5, 5.41) is 13.9. The molecule has 0 radical (unpaired) electrons. The summed E-state index contributed by atoms with van der Waals surface area (Å²) in [6.07, 6.45) is 0. The number of carboxylic acids is 1. The van der Waals surface area contributed by atoms with E-state index in [1.54, 1.807) is 24.3 Å². The van der Waals surface area contributed by atoms with Crippen LogP contribution in [0.25, 0.3) is 0 Å². The fourth-order valence-corrected chi connectivity index (χ4v) is 2.01. The number of β-lactam (4-membered cyclic amide) rings is 1. The summed E-state index contributed by atoms with van der Waals surface area (Å²) in [6, 6.07) is 7.36. The lowest BCUT2D eigenvalue weighted by Gasteiger charge is -2.39. The van der Waals surface area contributed by atoms with E-state index in [4.69, 9.17) is 9.84 Å². The minimum atomic E-state index is -1.03. The highest BCUT2D eigenvalue weighted by Crippen LogP contribution is 2.16. The SMILES string of the molecule is CC(C(=O)O)C1NC(=O)C1NC(=O)COc1ccccc1. The minimum absolute atomic E-state index is 0.234. The van der Waals surface area contributed by atoms with Gasteiger partial charge in [-0.2, -0.15) is 0 Å². The molecule has 1 aromatic carbocycles. The van der Waals surface area contributed by atoms with Crippen molar-refractivity contribution in [2.24, 2.45) is 5.92 Å². The topological polar surface area (TPSA) is 105 Å². The van der Waals surface area contributed by atoms with Crippen molar-refractivity contribution in [3.8, 4) is 5.75 Å². The summed E-state index contributed by atoms with van der Waals surface area (Å²) < 4.78 is 5.26. The quantitative estimate of drug-likeness (QED) is 0.628. The molecule has 0 bridgehead atoms. The summed E-state index contributed by atoms with van der Waals surface area (Å²) >= 11 is 0. The van der Waals surface area contributed by atoms with Gasteiger partial charge < -0.3 is 20.5 Å². The van der Waals surface area contributed by atoms with Crippen LogP contribution < -0.4 is 15.4 Å². The number of amides is 2. The normalized spacial score (nSPS) is 21.7. The van der Waals surface area contributed by atoms with Crippen LogP contribution in [0.15, 0.2) is 30.3 Å². The lowest BCUT2D eigenvalue weighted by atomic mass is 9.87. The van der Waals surface area contributed by atoms with Crippen LogP contribution in [0.1, 0.15) is 6.92 Å². The van der Waals surface area contributed by atoms with Gasteiger partial charge in [-0.05, 0) is 19.1 Å². The molecule has 3 N–H and O–H groups in total. The van der Waals surface area contributed by atoms with Gasteiger partial charge in [-0.15, -0.1) is 0 Å². The second kappa shape index (κ2) is 6.25. The van der Waals surface area contributed by atoms with E-state index < -0.39 is 29.9 Å². The Balaban J connectivity index is 1.84. The molecule has 3 unspecified atom stereocenters. The number of carboxylic acid groups (broad SMARTS) is 1. The van der Waals surface area contributed by atoms with Crippen LogP contribution in [0, 0.1) is 5.92 Å². The molecular weight excluding hydrogens is 276 g/mol. The van der Waals surface area contributed by atoms with Crippen molar-refractivity contribution in [1.29, 1.82) is 0 Å². The first-order valence-electron chi connectivity index (χ1n) is 6.49. The van der Waals surface area contributed by atoms with Gasteiger partial charge in [0, 0.05) is 0 Å². The Morgan fingerprint density at radius 3 is 2.62 bits per heavy atom. The number of ether oxygens (including phenoxy) is 1. The number of nitrogens with one attached hydrogen (secondary N) is 2. The third-order valence-corrected chi connectivity index (χ3v) is 3.31. The van der Waals surface area contributed by atoms with Crippen molar-refractivity contribution >= 4 is 17.8 Å². The van der Waals surface area contributed by atoms with Gasteiger partial charge >= 0.3 is 5.97 Å². The van der Waals surface area contributed by atoms with Gasteiger partial charge in [0.05, 0.1) is 12.0 Å². The molecule has 0 spiro atoms. The molecule has 2 amide bonds. The molecule has 3 atom stereocenters. The maximum Gasteiger partial charge on any atom is 0.308 e. The van der Waals surface area contributed by atoms with Gasteiger partial charge in [0.25, 0.3) is 5.91 Å². The highest BCUT2D eigenvalue weighted by molar-refractivity contribution is 5.95. The molecule has 0 aliphatic carbocycles. The molecule has 21 heavy (non-hydrogen) atoms. The highest BCUT2D eigenvalue weighted by atomic mass is 16.5. The fraction of sp³-hybridized carbons (Fsp3) is 0.357. The smallest absolute Gasteiger partial charge is 0.308 e. The zero-order valence-corrected chi connectivity index (χ0v) is 11.4. The monoisotopic (exact) mass is 292 g/mol. The maximum atomic E-state index is 11.7. The number of hydrogen-bond donors (Lipinski definition) is 3. The van der Waals surface area contributed by atoms with Crippen LogP contribution in [0.2, 0.25) is 0 Å². The van der Waals surface area contributed by atoms with Crippen molar-refractivity contribution in [1.82, 2.24) is 10.6 Å². The molecule has 112 valence electrons. The van der Waals surface area contributed by atoms with Crippen molar-refractivity contribution in [2.75, 3.05) is 6.61 Å². The molecule has 2 rings (SSSR count). The average molecular weight is 292 g/mol. The molecule has 1 heterocycles. The molecule has 0 aromatic heterocycles. The van der Waals surface area contributed by atoms with Gasteiger partial charge in [-0.25, -0.2) is 0 Å². The zero-order chi connectivity index (χ0) is 15.4. The lowest BCUT2D eigenvalue weighted by molar-refractivity contribution is -0.148. The van der Waals surface area contributed by atoms with Crippen LogP contribution >= 0.6 is 0 Å². The standard InChI is InChI=1S/C14H16N2O5/c1-8(14(19)20)11-12(13(18)16-11)15-10(17)7-21-9-5-3-2-4-6-9/h2-6,8,11-12H,7H2,1H3,(H,15,17)(H,16,18)(H,19,20). The molecular formula is C14H16N2O5. The number of rotatable bonds is 6. The molecule has 1 aliphatic rings. The third-order valence-electron chi connectivity index (χ3n) is 3.31. The van der Waals surface area contributed by atoms with Gasteiger partial charge in [-0.3, -0.25) is 14.4 Å². The Kier molecular flexibility index (Phi) is 4.42. The zero-order valence-electron chi connectivity index (χ0n) is 11.4. The predicted octanol–water partition coefficient (Wildman–Crippen LogP) is -0.231. The largest absolute Gasteiger partial charge is 0.484 e. The van der Waals surface area contributed by atoms with Crippen molar-refractivity contribution < 1.29 is 24.2 Å². The molecule has 1 saturated heterocycles. The molecule has 1 aromatic rings. The fourth-order valence-electron chi connectivity index (χ4n) is 2.01. The molecule has 7 nitrogen and oxygen atoms in total. The first-order valence-corrected chi connectivity index (χ1v) is 6.49. The highest BCUT2D eigenvalue weighted by Gasteiger charge is 2.45. The van der Waals surface area contributed by atoms with E-state index in [0.717, 1.165) is 0 Å². The van der Waals surface area contributed by atoms with Gasteiger partial charge in [0.1, 0.15) is 11.8 Å². The summed E-state index contributed by atoms with van der Waals surface area (Å²) in [4.78, 5) is 34.1. The van der Waals surface area contributed by atoms with E-state index in [9.17, 15) is 14.4 Å². The average Bonchev–Trinajstić information content (AvgIpc) is 2.48. The first-order chi connectivity index (χ1) is 9.99. The summed E-state index contributed by atoms with van der Waals surface area (Å²) in [5.74, 6) is -2.12. The molecule has 1 fully saturated rings. The second-order valence-corrected chi connectivity index (χ2v) is 4.81. The summed E-state index contributed by atoms with van der Waals surface area (Å²) in [7, 11) is 0. The van der Waals surface area contributed by atoms with E-state index in [-0.39, 0.29) is 12.5 Å². The van der Waals surface area contributed by atoms with Gasteiger partial charge in [0.2, 0.25) is 5.91 Å². The molecule has 7 heteroatoms. The third kappa shape index (κ3) is 3.50. The van der Waals surface area contributed by atoms with Crippen LogP contribution in [-0.2, 0) is 14.4 Å². The Labute approximate surface area is 121 Å².